The fourth-order valence-electron chi connectivity index (χ4n) is 1.58. The maximum absolute atomic E-state index is 11.6. The number of aromatic nitrogens is 2. The number of ketones is 1. The van der Waals surface area contributed by atoms with E-state index in [4.69, 9.17) is 22.6 Å². The van der Waals surface area contributed by atoms with Gasteiger partial charge in [-0.3, -0.25) is 4.79 Å². The average molecular weight is 261 g/mol. The number of carbonyl (C=O) groups is 1. The third kappa shape index (κ3) is 2.11. The van der Waals surface area contributed by atoms with Gasteiger partial charge in [-0.2, -0.15) is 10.2 Å². The Labute approximate surface area is 109 Å². The van der Waals surface area contributed by atoms with Gasteiger partial charge in [-0.25, -0.2) is 4.98 Å². The standard InChI is InChI=1S/C12H9ClN4O/c1-6-2-3-7(4-9(6)18)10-8(5-14)11(13)17-12(15)16-10/h2-4,6H,1H3,(H2,15,16,17). The zero-order chi connectivity index (χ0) is 13.3. The molecule has 6 heteroatoms. The highest BCUT2D eigenvalue weighted by molar-refractivity contribution is 6.31. The molecule has 18 heavy (non-hydrogen) atoms. The summed E-state index contributed by atoms with van der Waals surface area (Å²) in [6, 6.07) is 1.92. The number of rotatable bonds is 1. The lowest BCUT2D eigenvalue weighted by Gasteiger charge is -2.12. The minimum atomic E-state index is -0.172. The van der Waals surface area contributed by atoms with Crippen LogP contribution in [0.15, 0.2) is 18.2 Å². The highest BCUT2D eigenvalue weighted by Gasteiger charge is 2.19. The molecule has 90 valence electrons. The molecule has 0 aliphatic heterocycles. The predicted octanol–water partition coefficient (Wildman–Crippen LogP) is 1.74. The predicted molar refractivity (Wildman–Crippen MR) is 67.5 cm³/mol. The van der Waals surface area contributed by atoms with Crippen molar-refractivity contribution in [2.45, 2.75) is 6.92 Å². The van der Waals surface area contributed by atoms with Crippen LogP contribution in [0.1, 0.15) is 18.2 Å². The third-order valence-corrected chi connectivity index (χ3v) is 2.85. The number of anilines is 1. The van der Waals surface area contributed by atoms with Gasteiger partial charge in [0, 0.05) is 11.5 Å². The van der Waals surface area contributed by atoms with Crippen LogP contribution in [0, 0.1) is 17.2 Å². The van der Waals surface area contributed by atoms with Crippen molar-refractivity contribution >= 4 is 28.9 Å². The Kier molecular flexibility index (Phi) is 3.13. The Morgan fingerprint density at radius 2 is 2.22 bits per heavy atom. The molecular formula is C12H9ClN4O. The molecule has 2 N–H and O–H groups in total. The van der Waals surface area contributed by atoms with E-state index in [1.54, 1.807) is 19.1 Å². The fraction of sp³-hybridized carbons (Fsp3) is 0.167. The van der Waals surface area contributed by atoms with E-state index in [-0.39, 0.29) is 34.1 Å². The van der Waals surface area contributed by atoms with E-state index in [0.717, 1.165) is 0 Å². The maximum atomic E-state index is 11.6. The number of carbonyl (C=O) groups excluding carboxylic acids is 1. The highest BCUT2D eigenvalue weighted by atomic mass is 35.5. The van der Waals surface area contributed by atoms with Gasteiger partial charge >= 0.3 is 0 Å². The van der Waals surface area contributed by atoms with Crippen LogP contribution >= 0.6 is 11.6 Å². The second kappa shape index (κ2) is 4.59. The van der Waals surface area contributed by atoms with Gasteiger partial charge in [0.15, 0.2) is 10.9 Å². The lowest BCUT2D eigenvalue weighted by atomic mass is 9.94. The molecule has 0 saturated carbocycles. The summed E-state index contributed by atoms with van der Waals surface area (Å²) in [6.07, 6.45) is 4.90. The molecule has 1 atom stereocenters. The first-order chi connectivity index (χ1) is 8.52. The molecule has 1 aromatic heterocycles. The van der Waals surface area contributed by atoms with E-state index < -0.39 is 0 Å². The zero-order valence-corrected chi connectivity index (χ0v) is 10.3. The maximum Gasteiger partial charge on any atom is 0.222 e. The molecule has 1 aliphatic rings. The van der Waals surface area contributed by atoms with Crippen LogP contribution in [-0.2, 0) is 4.79 Å². The van der Waals surface area contributed by atoms with Crippen LogP contribution < -0.4 is 5.73 Å². The smallest absolute Gasteiger partial charge is 0.222 e. The molecule has 1 aliphatic carbocycles. The molecule has 5 nitrogen and oxygen atoms in total. The summed E-state index contributed by atoms with van der Waals surface area (Å²) in [7, 11) is 0. The van der Waals surface area contributed by atoms with Crippen LogP contribution in [0.4, 0.5) is 5.95 Å². The molecule has 1 heterocycles. The number of nitriles is 1. The number of allylic oxidation sites excluding steroid dienone is 4. The van der Waals surface area contributed by atoms with E-state index in [1.807, 2.05) is 6.07 Å². The van der Waals surface area contributed by atoms with Crippen molar-refractivity contribution < 1.29 is 4.79 Å². The fourth-order valence-corrected chi connectivity index (χ4v) is 1.80. The Morgan fingerprint density at radius 1 is 1.50 bits per heavy atom. The Balaban J connectivity index is 2.60. The van der Waals surface area contributed by atoms with E-state index in [1.165, 1.54) is 6.08 Å². The van der Waals surface area contributed by atoms with Crippen molar-refractivity contribution in [3.8, 4) is 6.07 Å². The minimum absolute atomic E-state index is 0.0135. The van der Waals surface area contributed by atoms with Crippen LogP contribution in [-0.4, -0.2) is 15.8 Å². The zero-order valence-electron chi connectivity index (χ0n) is 9.51. The van der Waals surface area contributed by atoms with Crippen molar-refractivity contribution in [3.63, 3.8) is 0 Å². The first kappa shape index (κ1) is 12.3. The number of halogens is 1. The normalized spacial score (nSPS) is 18.4. The Hall–Kier alpha value is -2.19. The van der Waals surface area contributed by atoms with Crippen molar-refractivity contribution in [1.82, 2.24) is 9.97 Å². The first-order valence-electron chi connectivity index (χ1n) is 5.20. The van der Waals surface area contributed by atoms with Gasteiger partial charge in [0.2, 0.25) is 5.95 Å². The van der Waals surface area contributed by atoms with Crippen molar-refractivity contribution in [1.29, 1.82) is 5.26 Å². The Bertz CT molecular complexity index is 628. The number of nitrogens with two attached hydrogens (primary N) is 1. The van der Waals surface area contributed by atoms with Gasteiger partial charge in [0.1, 0.15) is 11.6 Å². The SMILES string of the molecule is CC1C=CC(c2nc(N)nc(Cl)c2C#N)=CC1=O. The number of nitrogens with zero attached hydrogens (tertiary/aromatic N) is 3. The molecule has 1 unspecified atom stereocenters. The molecule has 0 radical (unpaired) electrons. The van der Waals surface area contributed by atoms with Gasteiger partial charge in [0.05, 0.1) is 5.69 Å². The van der Waals surface area contributed by atoms with Crippen molar-refractivity contribution in [3.05, 3.63) is 34.6 Å². The van der Waals surface area contributed by atoms with Crippen LogP contribution in [0.3, 0.4) is 0 Å². The van der Waals surface area contributed by atoms with Gasteiger partial charge in [-0.15, -0.1) is 0 Å². The highest BCUT2D eigenvalue weighted by Crippen LogP contribution is 2.27. The number of nitrogen functional groups attached to an aromatic ring is 1. The summed E-state index contributed by atoms with van der Waals surface area (Å²) < 4.78 is 0. The van der Waals surface area contributed by atoms with Crippen molar-refractivity contribution in [2.24, 2.45) is 5.92 Å². The van der Waals surface area contributed by atoms with E-state index in [0.29, 0.717) is 5.57 Å². The lowest BCUT2D eigenvalue weighted by molar-refractivity contribution is -0.116. The molecule has 2 rings (SSSR count). The molecule has 0 fully saturated rings. The van der Waals surface area contributed by atoms with Crippen LogP contribution in [0.2, 0.25) is 5.15 Å². The lowest BCUT2D eigenvalue weighted by Crippen LogP contribution is -2.11. The van der Waals surface area contributed by atoms with Gasteiger partial charge in [-0.1, -0.05) is 30.7 Å². The summed E-state index contributed by atoms with van der Waals surface area (Å²) >= 11 is 5.83. The van der Waals surface area contributed by atoms with Crippen LogP contribution in [0.25, 0.3) is 5.57 Å². The molecule has 0 aromatic carbocycles. The summed E-state index contributed by atoms with van der Waals surface area (Å²) in [4.78, 5) is 19.3. The minimum Gasteiger partial charge on any atom is -0.368 e. The molecule has 0 saturated heterocycles. The first-order valence-corrected chi connectivity index (χ1v) is 5.58. The number of hydrogen-bond acceptors (Lipinski definition) is 5. The summed E-state index contributed by atoms with van der Waals surface area (Å²) in [5.41, 5.74) is 6.42. The topological polar surface area (TPSA) is 92.7 Å². The van der Waals surface area contributed by atoms with E-state index in [9.17, 15) is 4.79 Å². The third-order valence-electron chi connectivity index (χ3n) is 2.58. The summed E-state index contributed by atoms with van der Waals surface area (Å²) in [6.45, 7) is 1.79. The second-order valence-corrected chi connectivity index (χ2v) is 4.22. The molecule has 0 bridgehead atoms. The number of hydrogen-bond donors (Lipinski definition) is 1. The quantitative estimate of drug-likeness (QED) is 0.777. The second-order valence-electron chi connectivity index (χ2n) is 3.86. The van der Waals surface area contributed by atoms with Crippen molar-refractivity contribution in [2.75, 3.05) is 5.73 Å². The summed E-state index contributed by atoms with van der Waals surface area (Å²) in [5.74, 6) is -0.256. The van der Waals surface area contributed by atoms with Gasteiger partial charge in [-0.05, 0) is 6.08 Å². The molecule has 0 amide bonds. The molecule has 0 spiro atoms. The summed E-state index contributed by atoms with van der Waals surface area (Å²) in [5, 5.41) is 9.03. The largest absolute Gasteiger partial charge is 0.368 e. The van der Waals surface area contributed by atoms with Gasteiger partial charge in [0.25, 0.3) is 0 Å². The average Bonchev–Trinajstić information content (AvgIpc) is 2.32. The van der Waals surface area contributed by atoms with Crippen LogP contribution in [0.5, 0.6) is 0 Å². The monoisotopic (exact) mass is 260 g/mol. The molecular weight excluding hydrogens is 252 g/mol. The van der Waals surface area contributed by atoms with Gasteiger partial charge < -0.3 is 5.73 Å². The van der Waals surface area contributed by atoms with E-state index in [2.05, 4.69) is 9.97 Å². The van der Waals surface area contributed by atoms with E-state index >= 15 is 0 Å². The Morgan fingerprint density at radius 3 is 2.83 bits per heavy atom. The molecule has 1 aromatic rings.